The fourth-order valence-corrected chi connectivity index (χ4v) is 3.98. The highest BCUT2D eigenvalue weighted by molar-refractivity contribution is 9.10. The van der Waals surface area contributed by atoms with Crippen LogP contribution in [0.15, 0.2) is 15.2 Å². The summed E-state index contributed by atoms with van der Waals surface area (Å²) in [5, 5.41) is 8.17. The van der Waals surface area contributed by atoms with Gasteiger partial charge in [0.05, 0.1) is 0 Å². The molecule has 1 aromatic rings. The first-order chi connectivity index (χ1) is 9.29. The van der Waals surface area contributed by atoms with Crippen molar-refractivity contribution >= 4 is 27.3 Å². The van der Waals surface area contributed by atoms with Gasteiger partial charge in [0.15, 0.2) is 0 Å². The zero-order valence-electron chi connectivity index (χ0n) is 12.4. The van der Waals surface area contributed by atoms with Crippen molar-refractivity contribution in [2.24, 2.45) is 0 Å². The second-order valence-corrected chi connectivity index (χ2v) is 6.84. The second kappa shape index (κ2) is 10.9. The lowest BCUT2D eigenvalue weighted by Gasteiger charge is -2.18. The van der Waals surface area contributed by atoms with Crippen LogP contribution in [0.5, 0.6) is 0 Å². The summed E-state index contributed by atoms with van der Waals surface area (Å²) in [6, 6.07) is 0.534. The molecular formula is C16H28BrNS. The first kappa shape index (κ1) is 17.2. The molecular weight excluding hydrogens is 318 g/mol. The Labute approximate surface area is 131 Å². The van der Waals surface area contributed by atoms with Gasteiger partial charge < -0.3 is 5.32 Å². The molecule has 0 saturated heterocycles. The average Bonchev–Trinajstić information content (AvgIpc) is 2.83. The number of thiophene rings is 1. The highest BCUT2D eigenvalue weighted by Crippen LogP contribution is 2.30. The average molecular weight is 346 g/mol. The largest absolute Gasteiger partial charge is 0.310 e. The smallest absolute Gasteiger partial charge is 0.0339 e. The molecule has 0 amide bonds. The van der Waals surface area contributed by atoms with Crippen LogP contribution in [-0.4, -0.2) is 6.54 Å². The summed E-state index contributed by atoms with van der Waals surface area (Å²) in [6.45, 7) is 5.62. The maximum atomic E-state index is 3.69. The van der Waals surface area contributed by atoms with Crippen molar-refractivity contribution < 1.29 is 0 Å². The van der Waals surface area contributed by atoms with Gasteiger partial charge in [-0.15, -0.1) is 0 Å². The minimum atomic E-state index is 0.534. The number of rotatable bonds is 11. The molecule has 1 nitrogen and oxygen atoms in total. The Morgan fingerprint density at radius 2 is 1.79 bits per heavy atom. The van der Waals surface area contributed by atoms with E-state index >= 15 is 0 Å². The Hall–Kier alpha value is 0.140. The normalized spacial score (nSPS) is 12.8. The SMILES string of the molecule is CCCCCCCCC(NCCC)c1cscc1Br. The molecule has 0 radical (unpaired) electrons. The van der Waals surface area contributed by atoms with Crippen molar-refractivity contribution in [1.29, 1.82) is 0 Å². The number of hydrogen-bond donors (Lipinski definition) is 1. The van der Waals surface area contributed by atoms with E-state index in [0.717, 1.165) is 6.54 Å². The van der Waals surface area contributed by atoms with Gasteiger partial charge in [0.1, 0.15) is 0 Å². The van der Waals surface area contributed by atoms with Crippen LogP contribution in [0.25, 0.3) is 0 Å². The van der Waals surface area contributed by atoms with Gasteiger partial charge in [-0.2, -0.15) is 11.3 Å². The fraction of sp³-hybridized carbons (Fsp3) is 0.750. The van der Waals surface area contributed by atoms with Crippen LogP contribution in [0, 0.1) is 0 Å². The van der Waals surface area contributed by atoms with Gasteiger partial charge in [-0.25, -0.2) is 0 Å². The minimum absolute atomic E-state index is 0.534. The van der Waals surface area contributed by atoms with Gasteiger partial charge in [0, 0.05) is 15.9 Å². The maximum absolute atomic E-state index is 3.69. The van der Waals surface area contributed by atoms with Crippen molar-refractivity contribution in [1.82, 2.24) is 5.32 Å². The number of hydrogen-bond acceptors (Lipinski definition) is 2. The molecule has 1 unspecified atom stereocenters. The summed E-state index contributed by atoms with van der Waals surface area (Å²) in [4.78, 5) is 0. The van der Waals surface area contributed by atoms with Crippen molar-refractivity contribution in [2.45, 2.75) is 71.3 Å². The molecule has 0 saturated carbocycles. The monoisotopic (exact) mass is 345 g/mol. The van der Waals surface area contributed by atoms with Gasteiger partial charge in [-0.1, -0.05) is 52.4 Å². The lowest BCUT2D eigenvalue weighted by molar-refractivity contribution is 0.466. The maximum Gasteiger partial charge on any atom is 0.0339 e. The number of unbranched alkanes of at least 4 members (excludes halogenated alkanes) is 5. The zero-order valence-corrected chi connectivity index (χ0v) is 14.8. The van der Waals surface area contributed by atoms with Crippen LogP contribution in [0.4, 0.5) is 0 Å². The molecule has 0 spiro atoms. The van der Waals surface area contributed by atoms with Gasteiger partial charge in [0.25, 0.3) is 0 Å². The van der Waals surface area contributed by atoms with Crippen LogP contribution in [0.2, 0.25) is 0 Å². The van der Waals surface area contributed by atoms with Crippen LogP contribution in [0.1, 0.15) is 76.8 Å². The van der Waals surface area contributed by atoms with Crippen molar-refractivity contribution in [3.63, 3.8) is 0 Å². The molecule has 0 aromatic carbocycles. The van der Waals surface area contributed by atoms with E-state index in [4.69, 9.17) is 0 Å². The summed E-state index contributed by atoms with van der Waals surface area (Å²) < 4.78 is 1.28. The fourth-order valence-electron chi connectivity index (χ4n) is 2.35. The van der Waals surface area contributed by atoms with Crippen LogP contribution < -0.4 is 5.32 Å². The molecule has 1 atom stereocenters. The molecule has 1 aromatic heterocycles. The molecule has 0 fully saturated rings. The molecule has 3 heteroatoms. The van der Waals surface area contributed by atoms with E-state index in [1.54, 1.807) is 11.3 Å². The van der Waals surface area contributed by atoms with Crippen LogP contribution in [0.3, 0.4) is 0 Å². The zero-order chi connectivity index (χ0) is 13.9. The minimum Gasteiger partial charge on any atom is -0.310 e. The standard InChI is InChI=1S/C16H28BrNS/c1-3-5-6-7-8-9-10-16(18-11-4-2)14-12-19-13-15(14)17/h12-13,16,18H,3-11H2,1-2H3. The third kappa shape index (κ3) is 6.92. The van der Waals surface area contributed by atoms with Crippen LogP contribution in [-0.2, 0) is 0 Å². The predicted octanol–water partition coefficient (Wildman–Crippen LogP) is 6.30. The third-order valence-electron chi connectivity index (χ3n) is 3.50. The molecule has 110 valence electrons. The Morgan fingerprint density at radius 3 is 2.42 bits per heavy atom. The number of nitrogens with one attached hydrogen (secondary N) is 1. The van der Waals surface area contributed by atoms with Crippen molar-refractivity contribution in [3.8, 4) is 0 Å². The summed E-state index contributed by atoms with van der Waals surface area (Å²) in [7, 11) is 0. The Balaban J connectivity index is 2.32. The highest BCUT2D eigenvalue weighted by Gasteiger charge is 2.14. The van der Waals surface area contributed by atoms with E-state index in [9.17, 15) is 0 Å². The van der Waals surface area contributed by atoms with E-state index in [1.807, 2.05) is 0 Å². The van der Waals surface area contributed by atoms with E-state index in [0.29, 0.717) is 6.04 Å². The molecule has 0 aliphatic rings. The van der Waals surface area contributed by atoms with E-state index in [2.05, 4.69) is 45.9 Å². The molecule has 1 N–H and O–H groups in total. The van der Waals surface area contributed by atoms with E-state index in [1.165, 1.54) is 61.4 Å². The molecule has 1 rings (SSSR count). The lowest BCUT2D eigenvalue weighted by atomic mass is 10.0. The second-order valence-electron chi connectivity index (χ2n) is 5.24. The van der Waals surface area contributed by atoms with Gasteiger partial charge >= 0.3 is 0 Å². The van der Waals surface area contributed by atoms with Gasteiger partial charge in [-0.05, 0) is 46.3 Å². The molecule has 1 heterocycles. The molecule has 19 heavy (non-hydrogen) atoms. The Kier molecular flexibility index (Phi) is 9.84. The molecule has 0 bridgehead atoms. The van der Waals surface area contributed by atoms with Crippen molar-refractivity contribution in [2.75, 3.05) is 6.54 Å². The topological polar surface area (TPSA) is 12.0 Å². The molecule has 0 aliphatic carbocycles. The quantitative estimate of drug-likeness (QED) is 0.464. The summed E-state index contributed by atoms with van der Waals surface area (Å²) in [5.74, 6) is 0. The van der Waals surface area contributed by atoms with E-state index in [-0.39, 0.29) is 0 Å². The van der Waals surface area contributed by atoms with Gasteiger partial charge in [0.2, 0.25) is 0 Å². The summed E-state index contributed by atoms with van der Waals surface area (Å²) in [6.07, 6.45) is 10.7. The van der Waals surface area contributed by atoms with E-state index < -0.39 is 0 Å². The number of halogens is 1. The third-order valence-corrected chi connectivity index (χ3v) is 5.26. The highest BCUT2D eigenvalue weighted by atomic mass is 79.9. The summed E-state index contributed by atoms with van der Waals surface area (Å²) in [5.41, 5.74) is 1.45. The lowest BCUT2D eigenvalue weighted by Crippen LogP contribution is -2.22. The first-order valence-electron chi connectivity index (χ1n) is 7.74. The van der Waals surface area contributed by atoms with Crippen LogP contribution >= 0.6 is 27.3 Å². The summed E-state index contributed by atoms with van der Waals surface area (Å²) >= 11 is 5.46. The Bertz CT molecular complexity index is 324. The van der Waals surface area contributed by atoms with Crippen molar-refractivity contribution in [3.05, 3.63) is 20.8 Å². The first-order valence-corrected chi connectivity index (χ1v) is 9.48. The predicted molar refractivity (Wildman–Crippen MR) is 91.0 cm³/mol. The molecule has 0 aliphatic heterocycles. The Morgan fingerprint density at radius 1 is 1.05 bits per heavy atom. The van der Waals surface area contributed by atoms with Gasteiger partial charge in [-0.3, -0.25) is 0 Å².